The Morgan fingerprint density at radius 1 is 1.37 bits per heavy atom. The van der Waals surface area contributed by atoms with Crippen LogP contribution in [0.25, 0.3) is 0 Å². The number of ether oxygens (including phenoxy) is 1. The van der Waals surface area contributed by atoms with Crippen molar-refractivity contribution in [3.05, 3.63) is 29.3 Å². The molecule has 0 spiro atoms. The van der Waals surface area contributed by atoms with Gasteiger partial charge >= 0.3 is 0 Å². The van der Waals surface area contributed by atoms with E-state index in [1.165, 1.54) is 42.7 Å². The number of aryl methyl sites for hydroxylation is 1. The van der Waals surface area contributed by atoms with E-state index >= 15 is 0 Å². The van der Waals surface area contributed by atoms with E-state index in [1.807, 2.05) is 13.0 Å². The van der Waals surface area contributed by atoms with Crippen LogP contribution in [0.15, 0.2) is 12.1 Å². The Labute approximate surface area is 116 Å². The molecule has 19 heavy (non-hydrogen) atoms. The van der Waals surface area contributed by atoms with Crippen molar-refractivity contribution in [2.24, 2.45) is 0 Å². The third kappa shape index (κ3) is 4.22. The van der Waals surface area contributed by atoms with E-state index in [0.717, 1.165) is 19.7 Å². The maximum Gasteiger partial charge on any atom is 0.0736 e. The second-order valence-corrected chi connectivity index (χ2v) is 5.12. The number of rotatable bonds is 7. The first-order valence-corrected chi connectivity index (χ1v) is 7.35. The highest BCUT2D eigenvalue weighted by Gasteiger charge is 2.11. The molecule has 105 valence electrons. The maximum absolute atomic E-state index is 5.53. The van der Waals surface area contributed by atoms with Gasteiger partial charge in [0.15, 0.2) is 0 Å². The Bertz CT molecular complexity index is 386. The third-order valence-electron chi connectivity index (χ3n) is 3.67. The maximum atomic E-state index is 5.53. The monoisotopic (exact) mass is 261 g/mol. The van der Waals surface area contributed by atoms with Crippen LogP contribution in [0.2, 0.25) is 0 Å². The minimum absolute atomic E-state index is 0.679. The van der Waals surface area contributed by atoms with E-state index in [1.54, 1.807) is 0 Å². The normalized spacial score (nSPS) is 15.9. The van der Waals surface area contributed by atoms with Crippen molar-refractivity contribution < 1.29 is 4.74 Å². The summed E-state index contributed by atoms with van der Waals surface area (Å²) in [5.41, 5.74) is 3.62. The molecule has 1 radical (unpaired) electrons. The van der Waals surface area contributed by atoms with Gasteiger partial charge in [-0.3, -0.25) is 0 Å². The number of hydrogen-bond donors (Lipinski definition) is 1. The topological polar surface area (TPSA) is 24.5 Å². The molecule has 1 heterocycles. The lowest BCUT2D eigenvalue weighted by molar-refractivity contribution is 0.134. The van der Waals surface area contributed by atoms with E-state index in [0.29, 0.717) is 6.61 Å². The molecule has 1 N–H and O–H groups in total. The molecule has 0 aromatic heterocycles. The molecule has 3 nitrogen and oxygen atoms in total. The van der Waals surface area contributed by atoms with Crippen LogP contribution in [0, 0.1) is 13.0 Å². The van der Waals surface area contributed by atoms with Gasteiger partial charge in [-0.05, 0) is 51.4 Å². The van der Waals surface area contributed by atoms with Crippen LogP contribution in [0.3, 0.4) is 0 Å². The number of anilines is 1. The zero-order valence-electron chi connectivity index (χ0n) is 12.2. The van der Waals surface area contributed by atoms with Crippen molar-refractivity contribution in [1.82, 2.24) is 4.90 Å². The van der Waals surface area contributed by atoms with Crippen LogP contribution in [-0.4, -0.2) is 37.7 Å². The molecule has 0 bridgehead atoms. The summed E-state index contributed by atoms with van der Waals surface area (Å²) in [5, 5.41) is 3.56. The predicted molar refractivity (Wildman–Crippen MR) is 79.5 cm³/mol. The number of benzene rings is 1. The molecule has 3 heteroatoms. The lowest BCUT2D eigenvalue weighted by Crippen LogP contribution is -2.26. The summed E-state index contributed by atoms with van der Waals surface area (Å²) in [6.45, 7) is 10.2. The van der Waals surface area contributed by atoms with E-state index in [4.69, 9.17) is 4.74 Å². The van der Waals surface area contributed by atoms with E-state index in [9.17, 15) is 0 Å². The van der Waals surface area contributed by atoms with Gasteiger partial charge in [0.05, 0.1) is 6.61 Å². The van der Waals surface area contributed by atoms with Gasteiger partial charge in [-0.1, -0.05) is 12.1 Å². The van der Waals surface area contributed by atoms with Gasteiger partial charge in [0, 0.05) is 30.9 Å². The quantitative estimate of drug-likeness (QED) is 0.817. The fraction of sp³-hybridized carbons (Fsp3) is 0.625. The third-order valence-corrected chi connectivity index (χ3v) is 3.67. The highest BCUT2D eigenvalue weighted by molar-refractivity contribution is 5.56. The van der Waals surface area contributed by atoms with Gasteiger partial charge in [0.2, 0.25) is 0 Å². The molecule has 0 aliphatic carbocycles. The van der Waals surface area contributed by atoms with Crippen LogP contribution >= 0.6 is 0 Å². The molecular formula is C16H25N2O. The molecular weight excluding hydrogens is 236 g/mol. The summed E-state index contributed by atoms with van der Waals surface area (Å²) >= 11 is 0. The standard InChI is InChI=1S/C16H25N2O/c1-3-19-13-15-8-6-7-14(2)16(15)17-9-12-18-10-4-5-11-18/h6,8,17H,3-5,9-13H2,1-2H3. The van der Waals surface area contributed by atoms with Gasteiger partial charge in [0.25, 0.3) is 0 Å². The van der Waals surface area contributed by atoms with Crippen molar-refractivity contribution in [3.63, 3.8) is 0 Å². The van der Waals surface area contributed by atoms with Crippen molar-refractivity contribution in [2.45, 2.75) is 33.3 Å². The largest absolute Gasteiger partial charge is 0.383 e. The second kappa shape index (κ2) is 7.51. The SMILES string of the molecule is CCOCc1cc[c]c(C)c1NCCN1CCCC1. The highest BCUT2D eigenvalue weighted by atomic mass is 16.5. The van der Waals surface area contributed by atoms with Crippen LogP contribution < -0.4 is 5.32 Å². The molecule has 1 aliphatic heterocycles. The van der Waals surface area contributed by atoms with Crippen molar-refractivity contribution in [2.75, 3.05) is 38.1 Å². The number of likely N-dealkylation sites (tertiary alicyclic amines) is 1. The average Bonchev–Trinajstić information content (AvgIpc) is 2.92. The molecule has 0 amide bonds. The van der Waals surface area contributed by atoms with Crippen molar-refractivity contribution in [3.8, 4) is 0 Å². The Morgan fingerprint density at radius 3 is 2.89 bits per heavy atom. The summed E-state index contributed by atoms with van der Waals surface area (Å²) in [4.78, 5) is 2.53. The lowest BCUT2D eigenvalue weighted by Gasteiger charge is -2.18. The van der Waals surface area contributed by atoms with Crippen molar-refractivity contribution in [1.29, 1.82) is 0 Å². The lowest BCUT2D eigenvalue weighted by atomic mass is 10.1. The molecule has 1 aromatic rings. The van der Waals surface area contributed by atoms with E-state index < -0.39 is 0 Å². The number of nitrogens with one attached hydrogen (secondary N) is 1. The van der Waals surface area contributed by atoms with Crippen LogP contribution in [-0.2, 0) is 11.3 Å². The first kappa shape index (κ1) is 14.4. The predicted octanol–water partition coefficient (Wildman–Crippen LogP) is 2.84. The summed E-state index contributed by atoms with van der Waals surface area (Å²) < 4.78 is 5.53. The molecule has 2 rings (SSSR count). The molecule has 1 fully saturated rings. The molecule has 0 saturated carbocycles. The molecule has 0 unspecified atom stereocenters. The molecule has 0 atom stereocenters. The molecule has 1 aliphatic rings. The van der Waals surface area contributed by atoms with Gasteiger partial charge in [-0.25, -0.2) is 0 Å². The fourth-order valence-electron chi connectivity index (χ4n) is 2.59. The minimum Gasteiger partial charge on any atom is -0.383 e. The number of nitrogens with zero attached hydrogens (tertiary/aromatic N) is 1. The Balaban J connectivity index is 1.89. The average molecular weight is 261 g/mol. The van der Waals surface area contributed by atoms with Crippen LogP contribution in [0.1, 0.15) is 30.9 Å². The van der Waals surface area contributed by atoms with Gasteiger partial charge < -0.3 is 15.0 Å². The molecule has 1 aromatic carbocycles. The Hall–Kier alpha value is -1.06. The van der Waals surface area contributed by atoms with Crippen molar-refractivity contribution >= 4 is 5.69 Å². The Kier molecular flexibility index (Phi) is 5.67. The smallest absolute Gasteiger partial charge is 0.0736 e. The summed E-state index contributed by atoms with van der Waals surface area (Å²) in [5.74, 6) is 0. The van der Waals surface area contributed by atoms with E-state index in [2.05, 4.69) is 29.3 Å². The second-order valence-electron chi connectivity index (χ2n) is 5.12. The first-order chi connectivity index (χ1) is 9.31. The van der Waals surface area contributed by atoms with Gasteiger partial charge in [-0.15, -0.1) is 0 Å². The summed E-state index contributed by atoms with van der Waals surface area (Å²) in [6, 6.07) is 7.34. The zero-order chi connectivity index (χ0) is 13.5. The van der Waals surface area contributed by atoms with E-state index in [-0.39, 0.29) is 0 Å². The zero-order valence-corrected chi connectivity index (χ0v) is 12.2. The first-order valence-electron chi connectivity index (χ1n) is 7.35. The summed E-state index contributed by atoms with van der Waals surface area (Å²) in [7, 11) is 0. The van der Waals surface area contributed by atoms with Gasteiger partial charge in [-0.2, -0.15) is 0 Å². The Morgan fingerprint density at radius 2 is 2.16 bits per heavy atom. The molecule has 1 saturated heterocycles. The highest BCUT2D eigenvalue weighted by Crippen LogP contribution is 2.21. The summed E-state index contributed by atoms with van der Waals surface area (Å²) in [6.07, 6.45) is 2.71. The van der Waals surface area contributed by atoms with Gasteiger partial charge in [0.1, 0.15) is 0 Å². The van der Waals surface area contributed by atoms with Crippen LogP contribution in [0.4, 0.5) is 5.69 Å². The van der Waals surface area contributed by atoms with Crippen LogP contribution in [0.5, 0.6) is 0 Å². The minimum atomic E-state index is 0.679. The fourth-order valence-corrected chi connectivity index (χ4v) is 2.59. The number of hydrogen-bond acceptors (Lipinski definition) is 3.